The van der Waals surface area contributed by atoms with Crippen LogP contribution in [0.5, 0.6) is 5.75 Å². The molecule has 1 heterocycles. The van der Waals surface area contributed by atoms with E-state index in [9.17, 15) is 22.4 Å². The molecule has 0 spiro atoms. The lowest BCUT2D eigenvalue weighted by molar-refractivity contribution is -0.118. The number of nitrogens with one attached hydrogen (secondary N) is 2. The van der Waals surface area contributed by atoms with Crippen LogP contribution in [0.15, 0.2) is 30.9 Å². The van der Waals surface area contributed by atoms with Crippen LogP contribution in [-0.2, 0) is 14.8 Å². The number of halogens is 1. The Balaban J connectivity index is 1.47. The molecule has 1 aromatic carbocycles. The van der Waals surface area contributed by atoms with Crippen LogP contribution in [0.4, 0.5) is 9.18 Å². The molecule has 3 amide bonds. The predicted octanol–water partition coefficient (Wildman–Crippen LogP) is 2.48. The van der Waals surface area contributed by atoms with Crippen molar-refractivity contribution in [1.29, 1.82) is 0 Å². The number of sulfonamides is 1. The third kappa shape index (κ3) is 7.03. The first-order chi connectivity index (χ1) is 14.8. The molecule has 1 saturated carbocycles. The van der Waals surface area contributed by atoms with E-state index in [0.29, 0.717) is 43.9 Å². The van der Waals surface area contributed by atoms with Crippen LogP contribution >= 0.6 is 0 Å². The summed E-state index contributed by atoms with van der Waals surface area (Å²) in [6.45, 7) is 4.60. The van der Waals surface area contributed by atoms with Crippen molar-refractivity contribution in [2.45, 2.75) is 38.1 Å². The van der Waals surface area contributed by atoms with Crippen molar-refractivity contribution >= 4 is 22.0 Å². The highest BCUT2D eigenvalue weighted by atomic mass is 32.2. The minimum atomic E-state index is -3.60. The average molecular weight is 454 g/mol. The zero-order valence-electron chi connectivity index (χ0n) is 17.3. The molecular weight excluding hydrogens is 425 g/mol. The second-order valence-electron chi connectivity index (χ2n) is 7.93. The SMILES string of the molecule is C=C[C@@H](NS(=O)(=O)CCCCCN1CC(=O)NC1=O)c1ccc(F)c(OCC2CC2)c1. The number of hydrogen-bond donors (Lipinski definition) is 2. The largest absolute Gasteiger partial charge is 0.490 e. The summed E-state index contributed by atoms with van der Waals surface area (Å²) in [7, 11) is -3.60. The van der Waals surface area contributed by atoms with Gasteiger partial charge < -0.3 is 9.64 Å². The van der Waals surface area contributed by atoms with Gasteiger partial charge in [-0.05, 0) is 49.3 Å². The topological polar surface area (TPSA) is 105 Å². The van der Waals surface area contributed by atoms with Gasteiger partial charge in [0.25, 0.3) is 0 Å². The van der Waals surface area contributed by atoms with Crippen molar-refractivity contribution in [2.75, 3.05) is 25.4 Å². The number of unbranched alkanes of at least 4 members (excludes halogenated alkanes) is 2. The van der Waals surface area contributed by atoms with Crippen molar-refractivity contribution in [3.8, 4) is 5.75 Å². The molecular formula is C21H28FN3O5S. The van der Waals surface area contributed by atoms with E-state index in [1.165, 1.54) is 29.2 Å². The van der Waals surface area contributed by atoms with Gasteiger partial charge in [-0.15, -0.1) is 6.58 Å². The maximum Gasteiger partial charge on any atom is 0.324 e. The second kappa shape index (κ2) is 10.2. The van der Waals surface area contributed by atoms with Crippen molar-refractivity contribution < 1.29 is 27.1 Å². The highest BCUT2D eigenvalue weighted by Gasteiger charge is 2.26. The molecule has 8 nitrogen and oxygen atoms in total. The molecule has 3 rings (SSSR count). The molecule has 0 radical (unpaired) electrons. The molecule has 0 bridgehead atoms. The summed E-state index contributed by atoms with van der Waals surface area (Å²) in [6.07, 6.45) is 5.22. The van der Waals surface area contributed by atoms with E-state index in [1.807, 2.05) is 0 Å². The Kier molecular flexibility index (Phi) is 7.66. The fourth-order valence-corrected chi connectivity index (χ4v) is 4.58. The molecule has 1 saturated heterocycles. The minimum Gasteiger partial charge on any atom is -0.490 e. The number of ether oxygens (including phenoxy) is 1. The van der Waals surface area contributed by atoms with Gasteiger partial charge >= 0.3 is 6.03 Å². The van der Waals surface area contributed by atoms with E-state index in [-0.39, 0.29) is 24.0 Å². The van der Waals surface area contributed by atoms with Gasteiger partial charge in [0, 0.05) is 6.54 Å². The monoisotopic (exact) mass is 453 g/mol. The first-order valence-electron chi connectivity index (χ1n) is 10.4. The number of carbonyl (C=O) groups excluding carboxylic acids is 2. The van der Waals surface area contributed by atoms with E-state index in [0.717, 1.165) is 12.8 Å². The number of urea groups is 1. The number of imide groups is 1. The lowest BCUT2D eigenvalue weighted by atomic mass is 10.1. The fraction of sp³-hybridized carbons (Fsp3) is 0.524. The second-order valence-corrected chi connectivity index (χ2v) is 9.80. The summed E-state index contributed by atoms with van der Waals surface area (Å²) in [5.74, 6) is -0.316. The van der Waals surface area contributed by atoms with Crippen LogP contribution in [0.2, 0.25) is 0 Å². The van der Waals surface area contributed by atoms with Crippen LogP contribution < -0.4 is 14.8 Å². The molecule has 31 heavy (non-hydrogen) atoms. The van der Waals surface area contributed by atoms with Crippen LogP contribution in [0, 0.1) is 11.7 Å². The third-order valence-electron chi connectivity index (χ3n) is 5.24. The Morgan fingerprint density at radius 3 is 2.71 bits per heavy atom. The van der Waals surface area contributed by atoms with Gasteiger partial charge in [0.05, 0.1) is 18.4 Å². The summed E-state index contributed by atoms with van der Waals surface area (Å²) in [4.78, 5) is 24.0. The first kappa shape index (κ1) is 23.2. The van der Waals surface area contributed by atoms with Gasteiger partial charge in [0.15, 0.2) is 11.6 Å². The molecule has 2 fully saturated rings. The van der Waals surface area contributed by atoms with Gasteiger partial charge in [0.2, 0.25) is 15.9 Å². The Labute approximate surface area is 181 Å². The van der Waals surface area contributed by atoms with E-state index in [4.69, 9.17) is 4.74 Å². The number of benzene rings is 1. The number of hydrogen-bond acceptors (Lipinski definition) is 5. The lowest BCUT2D eigenvalue weighted by Crippen LogP contribution is -2.30. The minimum absolute atomic E-state index is 0.0454. The fourth-order valence-electron chi connectivity index (χ4n) is 3.26. The van der Waals surface area contributed by atoms with Gasteiger partial charge in [-0.3, -0.25) is 10.1 Å². The molecule has 1 aromatic rings. The molecule has 2 N–H and O–H groups in total. The van der Waals surface area contributed by atoms with E-state index < -0.39 is 27.9 Å². The standard InChI is InChI=1S/C21H28FN3O5S/c1-2-18(16-8-9-17(22)19(12-16)30-14-15-6-7-15)24-31(28,29)11-5-3-4-10-25-13-20(26)23-21(25)27/h2,8-9,12,15,18,24H,1,3-7,10-11,13-14H2,(H,23,26,27)/t18-/m1/s1. The smallest absolute Gasteiger partial charge is 0.324 e. The average Bonchev–Trinajstić information content (AvgIpc) is 3.49. The Morgan fingerprint density at radius 2 is 2.06 bits per heavy atom. The molecule has 2 aliphatic rings. The highest BCUT2D eigenvalue weighted by Crippen LogP contribution is 2.31. The molecule has 0 aromatic heterocycles. The maximum absolute atomic E-state index is 14.0. The summed E-state index contributed by atoms with van der Waals surface area (Å²) < 4.78 is 47.1. The molecule has 1 aliphatic carbocycles. The quantitative estimate of drug-likeness (QED) is 0.271. The Morgan fingerprint density at radius 1 is 1.29 bits per heavy atom. The van der Waals surface area contributed by atoms with Gasteiger partial charge in [-0.2, -0.15) is 0 Å². The number of rotatable bonds is 13. The number of nitrogens with zero attached hydrogens (tertiary/aromatic N) is 1. The van der Waals surface area contributed by atoms with Gasteiger partial charge in [-0.25, -0.2) is 22.3 Å². The summed E-state index contributed by atoms with van der Waals surface area (Å²) in [5, 5.41) is 2.20. The molecule has 10 heteroatoms. The van der Waals surface area contributed by atoms with Crippen LogP contribution in [0.1, 0.15) is 43.7 Å². The van der Waals surface area contributed by atoms with Gasteiger partial charge in [0.1, 0.15) is 6.54 Å². The summed E-state index contributed by atoms with van der Waals surface area (Å²) >= 11 is 0. The lowest BCUT2D eigenvalue weighted by Gasteiger charge is -2.17. The predicted molar refractivity (Wildman–Crippen MR) is 113 cm³/mol. The molecule has 1 aliphatic heterocycles. The highest BCUT2D eigenvalue weighted by molar-refractivity contribution is 7.89. The van der Waals surface area contributed by atoms with Crippen molar-refractivity contribution in [3.63, 3.8) is 0 Å². The van der Waals surface area contributed by atoms with Crippen molar-refractivity contribution in [2.24, 2.45) is 5.92 Å². The first-order valence-corrected chi connectivity index (χ1v) is 12.1. The van der Waals surface area contributed by atoms with E-state index in [2.05, 4.69) is 16.6 Å². The summed E-state index contributed by atoms with van der Waals surface area (Å²) in [6, 6.07) is 3.17. The third-order valence-corrected chi connectivity index (χ3v) is 6.68. The molecule has 170 valence electrons. The van der Waals surface area contributed by atoms with E-state index >= 15 is 0 Å². The van der Waals surface area contributed by atoms with E-state index in [1.54, 1.807) is 0 Å². The zero-order valence-corrected chi connectivity index (χ0v) is 18.1. The zero-order chi connectivity index (χ0) is 22.4. The van der Waals surface area contributed by atoms with Crippen molar-refractivity contribution in [1.82, 2.24) is 14.9 Å². The molecule has 0 unspecified atom stereocenters. The normalized spacial score (nSPS) is 17.5. The number of carbonyl (C=O) groups is 2. The summed E-state index contributed by atoms with van der Waals surface area (Å²) in [5.41, 5.74) is 0.551. The Hall–Kier alpha value is -2.46. The van der Waals surface area contributed by atoms with Gasteiger partial charge in [-0.1, -0.05) is 18.6 Å². The van der Waals surface area contributed by atoms with Crippen molar-refractivity contribution in [3.05, 3.63) is 42.2 Å². The molecule has 1 atom stereocenters. The Bertz CT molecular complexity index is 933. The van der Waals surface area contributed by atoms with Crippen LogP contribution in [0.3, 0.4) is 0 Å². The number of amides is 3. The van der Waals surface area contributed by atoms with Crippen LogP contribution in [-0.4, -0.2) is 50.7 Å². The maximum atomic E-state index is 14.0. The van der Waals surface area contributed by atoms with Crippen LogP contribution in [0.25, 0.3) is 0 Å².